The standard InChI is InChI=1S/3C13H10.H3N/c3*1-4-10-6-2-8-12-9-3-7-11(5-1)13(10)12;/h3*1-8H,9H2;1H3. The van der Waals surface area contributed by atoms with Crippen LogP contribution in [-0.2, 0) is 19.3 Å². The maximum atomic E-state index is 2.23. The van der Waals surface area contributed by atoms with Crippen molar-refractivity contribution in [3.05, 3.63) is 161 Å². The summed E-state index contributed by atoms with van der Waals surface area (Å²) in [5, 5.41) is 8.39. The molecule has 1 nitrogen and oxygen atoms in total. The van der Waals surface area contributed by atoms with Gasteiger partial charge in [0.1, 0.15) is 0 Å². The first kappa shape index (κ1) is 25.6. The molecular formula is C39H33N. The van der Waals surface area contributed by atoms with Crippen molar-refractivity contribution in [2.75, 3.05) is 0 Å². The Morgan fingerprint density at radius 3 is 0.900 bits per heavy atom. The van der Waals surface area contributed by atoms with Crippen molar-refractivity contribution in [1.82, 2.24) is 6.15 Å². The Bertz CT molecular complexity index is 1690. The van der Waals surface area contributed by atoms with Crippen LogP contribution in [-0.4, -0.2) is 0 Å². The Kier molecular flexibility index (Phi) is 7.14. The Morgan fingerprint density at radius 2 is 0.600 bits per heavy atom. The number of benzene rings is 6. The highest BCUT2D eigenvalue weighted by Crippen LogP contribution is 2.30. The van der Waals surface area contributed by atoms with Crippen LogP contribution in [0.2, 0.25) is 0 Å². The van der Waals surface area contributed by atoms with Crippen LogP contribution in [0.15, 0.2) is 127 Å². The van der Waals surface area contributed by atoms with Gasteiger partial charge in [0.2, 0.25) is 0 Å². The summed E-state index contributed by atoms with van der Waals surface area (Å²) in [5.74, 6) is 0. The van der Waals surface area contributed by atoms with E-state index in [9.17, 15) is 0 Å². The fourth-order valence-corrected chi connectivity index (χ4v) is 6.21. The van der Waals surface area contributed by atoms with E-state index in [0.717, 1.165) is 19.3 Å². The highest BCUT2D eigenvalue weighted by atomic mass is 14.1. The van der Waals surface area contributed by atoms with E-state index in [1.165, 1.54) is 65.7 Å². The summed E-state index contributed by atoms with van der Waals surface area (Å²) >= 11 is 0. The predicted octanol–water partition coefficient (Wildman–Crippen LogP) is 10.4. The summed E-state index contributed by atoms with van der Waals surface area (Å²) < 4.78 is 0. The lowest BCUT2D eigenvalue weighted by Gasteiger charge is -2.11. The maximum Gasteiger partial charge on any atom is -0.00763 e. The third-order valence-corrected chi connectivity index (χ3v) is 7.98. The predicted molar refractivity (Wildman–Crippen MR) is 175 cm³/mol. The van der Waals surface area contributed by atoms with Gasteiger partial charge in [-0.05, 0) is 85.0 Å². The zero-order valence-electron chi connectivity index (χ0n) is 22.7. The highest BCUT2D eigenvalue weighted by Gasteiger charge is 2.08. The molecule has 6 aromatic carbocycles. The molecule has 3 N–H and O–H groups in total. The molecule has 3 aliphatic carbocycles. The summed E-state index contributed by atoms with van der Waals surface area (Å²) in [6, 6.07) is 39.1. The van der Waals surface area contributed by atoms with E-state index in [1.54, 1.807) is 0 Å². The van der Waals surface area contributed by atoms with Crippen molar-refractivity contribution >= 4 is 50.5 Å². The first-order valence-electron chi connectivity index (χ1n) is 13.9. The minimum Gasteiger partial charge on any atom is -0.344 e. The molecular weight excluding hydrogens is 482 g/mol. The molecule has 194 valence electrons. The van der Waals surface area contributed by atoms with Gasteiger partial charge in [0.25, 0.3) is 0 Å². The molecule has 0 fully saturated rings. The second kappa shape index (κ2) is 11.2. The van der Waals surface area contributed by atoms with Crippen molar-refractivity contribution in [2.45, 2.75) is 19.3 Å². The average Bonchev–Trinajstić information content (AvgIpc) is 3.00. The molecule has 1 heteroatoms. The lowest BCUT2D eigenvalue weighted by atomic mass is 9.93. The maximum absolute atomic E-state index is 2.23. The van der Waals surface area contributed by atoms with E-state index >= 15 is 0 Å². The fourth-order valence-electron chi connectivity index (χ4n) is 6.21. The van der Waals surface area contributed by atoms with E-state index in [2.05, 4.69) is 146 Å². The van der Waals surface area contributed by atoms with Crippen molar-refractivity contribution in [2.24, 2.45) is 0 Å². The molecule has 0 aromatic heterocycles. The van der Waals surface area contributed by atoms with Gasteiger partial charge in [-0.15, -0.1) is 0 Å². The van der Waals surface area contributed by atoms with Crippen LogP contribution in [0.3, 0.4) is 0 Å². The molecule has 0 atom stereocenters. The molecule has 3 aliphatic rings. The summed E-state index contributed by atoms with van der Waals surface area (Å²) in [6.45, 7) is 0. The third kappa shape index (κ3) is 4.77. The Balaban J connectivity index is 0.000000107. The molecule has 0 amide bonds. The topological polar surface area (TPSA) is 35.0 Å². The summed E-state index contributed by atoms with van der Waals surface area (Å²) in [6.07, 6.45) is 16.6. The number of rotatable bonds is 0. The van der Waals surface area contributed by atoms with E-state index in [-0.39, 0.29) is 6.15 Å². The molecule has 0 bridgehead atoms. The van der Waals surface area contributed by atoms with E-state index in [1.807, 2.05) is 0 Å². The van der Waals surface area contributed by atoms with Gasteiger partial charge in [0.15, 0.2) is 0 Å². The molecule has 0 radical (unpaired) electrons. The number of hydrogen-bond donors (Lipinski definition) is 1. The third-order valence-electron chi connectivity index (χ3n) is 7.98. The molecule has 0 spiro atoms. The van der Waals surface area contributed by atoms with E-state index < -0.39 is 0 Å². The quantitative estimate of drug-likeness (QED) is 0.214. The molecule has 0 heterocycles. The molecule has 6 aromatic rings. The molecule has 9 rings (SSSR count). The van der Waals surface area contributed by atoms with Crippen molar-refractivity contribution in [1.29, 1.82) is 0 Å². The van der Waals surface area contributed by atoms with Crippen LogP contribution in [0.1, 0.15) is 33.4 Å². The van der Waals surface area contributed by atoms with Gasteiger partial charge in [-0.25, -0.2) is 0 Å². The Morgan fingerprint density at radius 1 is 0.325 bits per heavy atom. The van der Waals surface area contributed by atoms with Gasteiger partial charge in [-0.1, -0.05) is 146 Å². The Hall–Kier alpha value is -4.72. The summed E-state index contributed by atoms with van der Waals surface area (Å²) in [4.78, 5) is 0. The van der Waals surface area contributed by atoms with Gasteiger partial charge in [0.05, 0.1) is 0 Å². The SMILES string of the molecule is C1=Cc2cccc3cccc(c23)C1.C1=Cc2cccc3cccc(c23)C1.C1=Cc2cccc3cccc(c23)C1.N. The van der Waals surface area contributed by atoms with Gasteiger partial charge in [-0.3, -0.25) is 0 Å². The Labute approximate surface area is 236 Å². The second-order valence-electron chi connectivity index (χ2n) is 10.4. The normalized spacial score (nSPS) is 13.2. The van der Waals surface area contributed by atoms with Gasteiger partial charge in [0, 0.05) is 0 Å². The minimum absolute atomic E-state index is 0. The molecule has 0 saturated heterocycles. The van der Waals surface area contributed by atoms with Crippen LogP contribution >= 0.6 is 0 Å². The average molecular weight is 516 g/mol. The highest BCUT2D eigenvalue weighted by molar-refractivity contribution is 5.96. The lowest BCUT2D eigenvalue weighted by Crippen LogP contribution is -1.91. The summed E-state index contributed by atoms with van der Waals surface area (Å²) in [7, 11) is 0. The number of allylic oxidation sites excluding steroid dienone is 3. The zero-order chi connectivity index (χ0) is 26.0. The zero-order valence-corrected chi connectivity index (χ0v) is 22.7. The molecule has 40 heavy (non-hydrogen) atoms. The fraction of sp³-hybridized carbons (Fsp3) is 0.0769. The molecule has 0 unspecified atom stereocenters. The van der Waals surface area contributed by atoms with Gasteiger partial charge in [-0.2, -0.15) is 0 Å². The lowest BCUT2D eigenvalue weighted by molar-refractivity contribution is 1.29. The second-order valence-corrected chi connectivity index (χ2v) is 10.4. The van der Waals surface area contributed by atoms with Crippen LogP contribution in [0.4, 0.5) is 0 Å². The minimum atomic E-state index is 0. The van der Waals surface area contributed by atoms with Crippen molar-refractivity contribution < 1.29 is 0 Å². The van der Waals surface area contributed by atoms with Crippen LogP contribution in [0.5, 0.6) is 0 Å². The number of hydrogen-bond acceptors (Lipinski definition) is 1. The van der Waals surface area contributed by atoms with E-state index in [0.29, 0.717) is 0 Å². The van der Waals surface area contributed by atoms with Crippen LogP contribution < -0.4 is 6.15 Å². The molecule has 0 saturated carbocycles. The van der Waals surface area contributed by atoms with Gasteiger partial charge < -0.3 is 6.15 Å². The first-order chi connectivity index (χ1) is 19.3. The van der Waals surface area contributed by atoms with Crippen molar-refractivity contribution in [3.63, 3.8) is 0 Å². The van der Waals surface area contributed by atoms with Crippen LogP contribution in [0, 0.1) is 0 Å². The van der Waals surface area contributed by atoms with Gasteiger partial charge >= 0.3 is 0 Å². The monoisotopic (exact) mass is 515 g/mol. The first-order valence-corrected chi connectivity index (χ1v) is 13.9. The van der Waals surface area contributed by atoms with Crippen molar-refractivity contribution in [3.8, 4) is 0 Å². The summed E-state index contributed by atoms with van der Waals surface area (Å²) in [5.41, 5.74) is 8.44. The molecule has 0 aliphatic heterocycles. The smallest absolute Gasteiger partial charge is 0.00763 e. The van der Waals surface area contributed by atoms with E-state index in [4.69, 9.17) is 0 Å². The largest absolute Gasteiger partial charge is 0.344 e. The van der Waals surface area contributed by atoms with Crippen LogP contribution in [0.25, 0.3) is 50.5 Å².